The van der Waals surface area contributed by atoms with E-state index in [0.29, 0.717) is 6.10 Å². The van der Waals surface area contributed by atoms with E-state index in [9.17, 15) is 13.2 Å². The van der Waals surface area contributed by atoms with Crippen molar-refractivity contribution < 1.29 is 17.9 Å². The Balaban J connectivity index is 0.000000174. The van der Waals surface area contributed by atoms with Gasteiger partial charge < -0.3 is 4.74 Å². The summed E-state index contributed by atoms with van der Waals surface area (Å²) in [5, 5.41) is 0. The zero-order chi connectivity index (χ0) is 16.3. The second kappa shape index (κ2) is 9.95. The number of nitrogens with zero attached hydrogens (tertiary/aromatic N) is 1. The lowest BCUT2D eigenvalue weighted by atomic mass is 10.2. The van der Waals surface area contributed by atoms with Crippen molar-refractivity contribution in [2.24, 2.45) is 0 Å². The number of halogens is 3. The van der Waals surface area contributed by atoms with Gasteiger partial charge in [-0.1, -0.05) is 36.4 Å². The Bertz CT molecular complexity index is 456. The van der Waals surface area contributed by atoms with E-state index in [1.54, 1.807) is 18.5 Å². The van der Waals surface area contributed by atoms with Crippen LogP contribution >= 0.6 is 0 Å². The van der Waals surface area contributed by atoms with Crippen LogP contribution in [0.15, 0.2) is 60.9 Å². The third-order valence-corrected chi connectivity index (χ3v) is 2.82. The van der Waals surface area contributed by atoms with Crippen LogP contribution in [0.3, 0.4) is 0 Å². The first kappa shape index (κ1) is 18.2. The summed E-state index contributed by atoms with van der Waals surface area (Å²) in [6, 6.07) is 12.1. The zero-order valence-corrected chi connectivity index (χ0v) is 12.5. The predicted octanol–water partition coefficient (Wildman–Crippen LogP) is 4.97. The first-order chi connectivity index (χ1) is 10.5. The number of hydrogen-bond donors (Lipinski definition) is 0. The van der Waals surface area contributed by atoms with Crippen molar-refractivity contribution in [3.05, 3.63) is 66.5 Å². The van der Waals surface area contributed by atoms with Crippen molar-refractivity contribution in [3.8, 4) is 0 Å². The Morgan fingerprint density at radius 1 is 1.00 bits per heavy atom. The fraction of sp³-hybridized carbons (Fsp3) is 0.353. The van der Waals surface area contributed by atoms with Gasteiger partial charge in [0.05, 0.1) is 11.7 Å². The number of aromatic nitrogens is 1. The third-order valence-electron chi connectivity index (χ3n) is 2.82. The smallest absolute Gasteiger partial charge is 0.379 e. The van der Waals surface area contributed by atoms with Gasteiger partial charge in [0.2, 0.25) is 0 Å². The van der Waals surface area contributed by atoms with Gasteiger partial charge in [-0.05, 0) is 31.9 Å². The number of benzene rings is 1. The first-order valence-corrected chi connectivity index (χ1v) is 7.09. The highest BCUT2D eigenvalue weighted by atomic mass is 19.4. The van der Waals surface area contributed by atoms with Gasteiger partial charge >= 0.3 is 6.18 Å². The third kappa shape index (κ3) is 8.42. The molecule has 0 radical (unpaired) electrons. The summed E-state index contributed by atoms with van der Waals surface area (Å²) in [5.74, 6) is 0. The molecule has 1 aromatic carbocycles. The molecule has 0 bridgehead atoms. The van der Waals surface area contributed by atoms with E-state index in [-0.39, 0.29) is 0 Å². The van der Waals surface area contributed by atoms with Crippen LogP contribution in [-0.2, 0) is 10.9 Å². The average molecular weight is 311 g/mol. The van der Waals surface area contributed by atoms with Crippen LogP contribution < -0.4 is 0 Å². The number of ether oxygens (including phenoxy) is 1. The van der Waals surface area contributed by atoms with Crippen molar-refractivity contribution in [2.75, 3.05) is 6.61 Å². The molecule has 1 atom stereocenters. The molecule has 2 nitrogen and oxygen atoms in total. The Labute approximate surface area is 129 Å². The van der Waals surface area contributed by atoms with E-state index >= 15 is 0 Å². The number of alkyl halides is 3. The molecule has 2 heterocycles. The Hall–Kier alpha value is -1.88. The van der Waals surface area contributed by atoms with Crippen molar-refractivity contribution in [1.82, 2.24) is 4.98 Å². The molecule has 1 aromatic heterocycles. The molecule has 0 spiro atoms. The lowest BCUT2D eigenvalue weighted by Crippen LogP contribution is -2.03. The fourth-order valence-corrected chi connectivity index (χ4v) is 1.68. The normalized spacial score (nSPS) is 16.8. The van der Waals surface area contributed by atoms with Crippen molar-refractivity contribution >= 4 is 0 Å². The maximum atomic E-state index is 11.8. The molecule has 0 amide bonds. The zero-order valence-electron chi connectivity index (χ0n) is 12.5. The minimum absolute atomic E-state index is 0.546. The van der Waals surface area contributed by atoms with Crippen molar-refractivity contribution in [1.29, 1.82) is 0 Å². The molecule has 22 heavy (non-hydrogen) atoms. The van der Waals surface area contributed by atoms with E-state index < -0.39 is 11.7 Å². The second-order valence-corrected chi connectivity index (χ2v) is 4.71. The topological polar surface area (TPSA) is 22.1 Å². The largest absolute Gasteiger partial charge is 0.416 e. The summed E-state index contributed by atoms with van der Waals surface area (Å²) < 4.78 is 40.5. The lowest BCUT2D eigenvalue weighted by molar-refractivity contribution is -0.137. The van der Waals surface area contributed by atoms with E-state index in [4.69, 9.17) is 4.74 Å². The maximum absolute atomic E-state index is 11.8. The molecule has 0 N–H and O–H groups in total. The molecule has 1 saturated heterocycles. The monoisotopic (exact) mass is 311 g/mol. The van der Waals surface area contributed by atoms with Gasteiger partial charge in [0.1, 0.15) is 0 Å². The van der Waals surface area contributed by atoms with Gasteiger partial charge in [0.15, 0.2) is 0 Å². The standard InChI is InChI=1S/C7H5F3.C5H5N.C5H10O/c8-7(9,10)6-4-2-1-3-5-6;1-2-4-6-5-3-1;1-5-3-2-4-6-5/h1-5H;1-5H;5H,2-4H2,1H3. The molecule has 2 aromatic rings. The number of pyridine rings is 1. The number of rotatable bonds is 0. The number of hydrogen-bond acceptors (Lipinski definition) is 2. The lowest BCUT2D eigenvalue weighted by Gasteiger charge is -2.03. The molecule has 120 valence electrons. The molecular weight excluding hydrogens is 291 g/mol. The summed E-state index contributed by atoms with van der Waals surface area (Å²) in [4.78, 5) is 3.78. The molecule has 1 unspecified atom stereocenters. The van der Waals surface area contributed by atoms with Gasteiger partial charge in [-0.25, -0.2) is 0 Å². The molecule has 0 saturated carbocycles. The van der Waals surface area contributed by atoms with Gasteiger partial charge in [-0.15, -0.1) is 0 Å². The van der Waals surface area contributed by atoms with Crippen molar-refractivity contribution in [3.63, 3.8) is 0 Å². The van der Waals surface area contributed by atoms with Crippen LogP contribution in [0.4, 0.5) is 13.2 Å². The Kier molecular flexibility index (Phi) is 8.22. The molecule has 3 rings (SSSR count). The van der Waals surface area contributed by atoms with Gasteiger partial charge in [-0.2, -0.15) is 13.2 Å². The van der Waals surface area contributed by atoms with E-state index in [0.717, 1.165) is 18.7 Å². The molecule has 1 aliphatic heterocycles. The SMILES string of the molecule is CC1CCCO1.FC(F)(F)c1ccccc1.c1ccncc1. The molecule has 0 aliphatic carbocycles. The predicted molar refractivity (Wildman–Crippen MR) is 80.3 cm³/mol. The van der Waals surface area contributed by atoms with Crippen LogP contribution in [0.1, 0.15) is 25.3 Å². The van der Waals surface area contributed by atoms with Gasteiger partial charge in [0.25, 0.3) is 0 Å². The molecule has 5 heteroatoms. The quantitative estimate of drug-likeness (QED) is 0.685. The summed E-state index contributed by atoms with van der Waals surface area (Å²) in [7, 11) is 0. The van der Waals surface area contributed by atoms with Crippen molar-refractivity contribution in [2.45, 2.75) is 32.0 Å². The fourth-order valence-electron chi connectivity index (χ4n) is 1.68. The van der Waals surface area contributed by atoms with Crippen LogP contribution in [0.2, 0.25) is 0 Å². The van der Waals surface area contributed by atoms with Crippen LogP contribution in [-0.4, -0.2) is 17.7 Å². The van der Waals surface area contributed by atoms with Crippen LogP contribution in [0.25, 0.3) is 0 Å². The molecule has 1 fully saturated rings. The highest BCUT2D eigenvalue weighted by molar-refractivity contribution is 5.17. The Morgan fingerprint density at radius 2 is 1.59 bits per heavy atom. The molecular formula is C17H20F3NO. The van der Waals surface area contributed by atoms with E-state index in [2.05, 4.69) is 11.9 Å². The highest BCUT2D eigenvalue weighted by Gasteiger charge is 2.29. The highest BCUT2D eigenvalue weighted by Crippen LogP contribution is 2.28. The summed E-state index contributed by atoms with van der Waals surface area (Å²) in [6.07, 6.45) is 2.37. The second-order valence-electron chi connectivity index (χ2n) is 4.71. The first-order valence-electron chi connectivity index (χ1n) is 7.09. The summed E-state index contributed by atoms with van der Waals surface area (Å²) in [5.41, 5.74) is -0.602. The van der Waals surface area contributed by atoms with Gasteiger partial charge in [0, 0.05) is 19.0 Å². The Morgan fingerprint density at radius 3 is 1.82 bits per heavy atom. The maximum Gasteiger partial charge on any atom is 0.416 e. The van der Waals surface area contributed by atoms with E-state index in [1.807, 2.05) is 18.2 Å². The minimum Gasteiger partial charge on any atom is -0.379 e. The summed E-state index contributed by atoms with van der Waals surface area (Å²) >= 11 is 0. The average Bonchev–Trinajstić information content (AvgIpc) is 3.01. The molecule has 1 aliphatic rings. The van der Waals surface area contributed by atoms with Crippen LogP contribution in [0.5, 0.6) is 0 Å². The minimum atomic E-state index is -4.21. The van der Waals surface area contributed by atoms with Crippen LogP contribution in [0, 0.1) is 0 Å². The van der Waals surface area contributed by atoms with E-state index in [1.165, 1.54) is 25.0 Å². The van der Waals surface area contributed by atoms with Gasteiger partial charge in [-0.3, -0.25) is 4.98 Å². The summed E-state index contributed by atoms with van der Waals surface area (Å²) in [6.45, 7) is 3.11.